The Balaban J connectivity index is 2.20. The summed E-state index contributed by atoms with van der Waals surface area (Å²) in [5.41, 5.74) is 1.87. The van der Waals surface area contributed by atoms with Crippen molar-refractivity contribution in [3.8, 4) is 34.6 Å². The standard InChI is InChI=1S/C24H25FN4O3S/c1-14(2)13-33-24-28-21(15-10-19(30-3)22(32-5)20(11-15)31-4)18(12-26)23(29-24)27-17-8-6-16(25)7-9-17/h6-11,14H,13H2,1-5H3,(H,27,28,29). The van der Waals surface area contributed by atoms with Crippen molar-refractivity contribution < 1.29 is 18.6 Å². The molecule has 0 aliphatic rings. The summed E-state index contributed by atoms with van der Waals surface area (Å²) in [5.74, 6) is 2.53. The summed E-state index contributed by atoms with van der Waals surface area (Å²) in [6, 6.07) is 11.5. The summed E-state index contributed by atoms with van der Waals surface area (Å²) in [6.07, 6.45) is 0. The van der Waals surface area contributed by atoms with Gasteiger partial charge in [-0.05, 0) is 42.3 Å². The van der Waals surface area contributed by atoms with Crippen molar-refractivity contribution in [3.63, 3.8) is 0 Å². The summed E-state index contributed by atoms with van der Waals surface area (Å²) in [5, 5.41) is 13.7. The molecule has 0 aliphatic heterocycles. The van der Waals surface area contributed by atoms with Gasteiger partial charge in [-0.15, -0.1) is 0 Å². The Morgan fingerprint density at radius 1 is 1.03 bits per heavy atom. The number of methoxy groups -OCH3 is 3. The van der Waals surface area contributed by atoms with Crippen molar-refractivity contribution in [3.05, 3.63) is 47.8 Å². The Bertz CT molecular complexity index is 1140. The number of hydrogen-bond donors (Lipinski definition) is 1. The zero-order valence-corrected chi connectivity index (χ0v) is 19.9. The first kappa shape index (κ1) is 24.1. The number of anilines is 2. The van der Waals surface area contributed by atoms with Crippen LogP contribution in [0, 0.1) is 23.1 Å². The number of thioether (sulfide) groups is 1. The van der Waals surface area contributed by atoms with Crippen LogP contribution in [0.1, 0.15) is 19.4 Å². The first-order chi connectivity index (χ1) is 15.9. The number of nitrogens with zero attached hydrogens (tertiary/aromatic N) is 3. The molecule has 0 atom stereocenters. The average molecular weight is 469 g/mol. The molecule has 0 radical (unpaired) electrons. The minimum atomic E-state index is -0.352. The van der Waals surface area contributed by atoms with Gasteiger partial charge in [0.1, 0.15) is 17.4 Å². The van der Waals surface area contributed by atoms with Crippen molar-refractivity contribution in [2.45, 2.75) is 19.0 Å². The van der Waals surface area contributed by atoms with E-state index in [4.69, 9.17) is 14.2 Å². The van der Waals surface area contributed by atoms with Gasteiger partial charge in [0.05, 0.1) is 27.0 Å². The Hall–Kier alpha value is -3.51. The molecule has 0 aliphatic carbocycles. The van der Waals surface area contributed by atoms with E-state index < -0.39 is 0 Å². The fourth-order valence-corrected chi connectivity index (χ4v) is 3.83. The predicted octanol–water partition coefficient (Wildman–Crippen LogP) is 5.67. The van der Waals surface area contributed by atoms with Gasteiger partial charge in [-0.1, -0.05) is 25.6 Å². The number of nitriles is 1. The molecular weight excluding hydrogens is 443 g/mol. The van der Waals surface area contributed by atoms with Crippen LogP contribution in [0.5, 0.6) is 17.2 Å². The summed E-state index contributed by atoms with van der Waals surface area (Å²) in [7, 11) is 4.58. The van der Waals surface area contributed by atoms with Crippen LogP contribution in [0.25, 0.3) is 11.3 Å². The molecule has 0 saturated heterocycles. The average Bonchev–Trinajstić information content (AvgIpc) is 2.82. The van der Waals surface area contributed by atoms with Gasteiger partial charge in [0, 0.05) is 17.0 Å². The normalized spacial score (nSPS) is 10.6. The molecule has 1 heterocycles. The maximum Gasteiger partial charge on any atom is 0.203 e. The highest BCUT2D eigenvalue weighted by Crippen LogP contribution is 2.42. The number of nitrogens with one attached hydrogen (secondary N) is 1. The SMILES string of the molecule is COc1cc(-c2nc(SCC(C)C)nc(Nc3ccc(F)cc3)c2C#N)cc(OC)c1OC. The van der Waals surface area contributed by atoms with Gasteiger partial charge in [-0.3, -0.25) is 0 Å². The zero-order chi connectivity index (χ0) is 24.0. The molecule has 0 spiro atoms. The lowest BCUT2D eigenvalue weighted by molar-refractivity contribution is 0.324. The third kappa shape index (κ3) is 5.65. The Morgan fingerprint density at radius 2 is 1.67 bits per heavy atom. The van der Waals surface area contributed by atoms with Crippen molar-refractivity contribution in [2.75, 3.05) is 32.4 Å². The van der Waals surface area contributed by atoms with Crippen molar-refractivity contribution >= 4 is 23.3 Å². The topological polar surface area (TPSA) is 89.3 Å². The second kappa shape index (κ2) is 10.9. The maximum atomic E-state index is 13.4. The molecule has 0 fully saturated rings. The Kier molecular flexibility index (Phi) is 7.96. The summed E-state index contributed by atoms with van der Waals surface area (Å²) in [6.45, 7) is 4.21. The van der Waals surface area contributed by atoms with Crippen LogP contribution in [0.4, 0.5) is 15.9 Å². The summed E-state index contributed by atoms with van der Waals surface area (Å²) < 4.78 is 29.7. The van der Waals surface area contributed by atoms with E-state index in [1.165, 1.54) is 45.2 Å². The molecule has 1 N–H and O–H groups in total. The lowest BCUT2D eigenvalue weighted by Gasteiger charge is -2.16. The fourth-order valence-electron chi connectivity index (χ4n) is 3.04. The molecule has 9 heteroatoms. The van der Waals surface area contributed by atoms with Gasteiger partial charge in [-0.2, -0.15) is 5.26 Å². The molecule has 2 aromatic carbocycles. The zero-order valence-electron chi connectivity index (χ0n) is 19.1. The highest BCUT2D eigenvalue weighted by molar-refractivity contribution is 7.99. The van der Waals surface area contributed by atoms with E-state index in [2.05, 4.69) is 35.2 Å². The molecule has 3 aromatic rings. The highest BCUT2D eigenvalue weighted by Gasteiger charge is 2.21. The molecule has 1 aromatic heterocycles. The van der Waals surface area contributed by atoms with Crippen LogP contribution in [0.2, 0.25) is 0 Å². The van der Waals surface area contributed by atoms with Gasteiger partial charge in [0.15, 0.2) is 22.5 Å². The second-order valence-electron chi connectivity index (χ2n) is 7.44. The molecule has 33 heavy (non-hydrogen) atoms. The van der Waals surface area contributed by atoms with Crippen LogP contribution in [0.15, 0.2) is 41.6 Å². The van der Waals surface area contributed by atoms with Crippen molar-refractivity contribution in [1.29, 1.82) is 5.26 Å². The third-order valence-corrected chi connectivity index (χ3v) is 5.87. The van der Waals surface area contributed by atoms with Crippen LogP contribution in [-0.2, 0) is 0 Å². The van der Waals surface area contributed by atoms with Gasteiger partial charge in [0.2, 0.25) is 5.75 Å². The number of rotatable bonds is 9. The largest absolute Gasteiger partial charge is 0.493 e. The summed E-state index contributed by atoms with van der Waals surface area (Å²) >= 11 is 1.49. The predicted molar refractivity (Wildman–Crippen MR) is 127 cm³/mol. The van der Waals surface area contributed by atoms with Gasteiger partial charge >= 0.3 is 0 Å². The lowest BCUT2D eigenvalue weighted by atomic mass is 10.1. The number of aromatic nitrogens is 2. The van der Waals surface area contributed by atoms with Crippen molar-refractivity contribution in [2.24, 2.45) is 5.92 Å². The first-order valence-electron chi connectivity index (χ1n) is 10.2. The smallest absolute Gasteiger partial charge is 0.203 e. The fraction of sp³-hybridized carbons (Fsp3) is 0.292. The lowest BCUT2D eigenvalue weighted by Crippen LogP contribution is -2.05. The first-order valence-corrected chi connectivity index (χ1v) is 11.2. The number of hydrogen-bond acceptors (Lipinski definition) is 8. The Morgan fingerprint density at radius 3 is 2.18 bits per heavy atom. The Labute approximate surface area is 196 Å². The molecule has 3 rings (SSSR count). The molecule has 0 unspecified atom stereocenters. The molecule has 0 bridgehead atoms. The second-order valence-corrected chi connectivity index (χ2v) is 8.43. The van der Waals surface area contributed by atoms with E-state index in [1.54, 1.807) is 24.3 Å². The van der Waals surface area contributed by atoms with Crippen LogP contribution in [0.3, 0.4) is 0 Å². The third-order valence-electron chi connectivity index (χ3n) is 4.59. The van der Waals surface area contributed by atoms with Crippen molar-refractivity contribution in [1.82, 2.24) is 9.97 Å². The molecule has 172 valence electrons. The number of halogens is 1. The van der Waals surface area contributed by atoms with E-state index in [9.17, 15) is 9.65 Å². The van der Waals surface area contributed by atoms with E-state index >= 15 is 0 Å². The molecule has 0 amide bonds. The maximum absolute atomic E-state index is 13.4. The highest BCUT2D eigenvalue weighted by atomic mass is 32.2. The van der Waals surface area contributed by atoms with Gasteiger partial charge in [0.25, 0.3) is 0 Å². The van der Waals surface area contributed by atoms with Crippen LogP contribution < -0.4 is 19.5 Å². The van der Waals surface area contributed by atoms with E-state index in [0.29, 0.717) is 51.1 Å². The number of ether oxygens (including phenoxy) is 3. The minimum Gasteiger partial charge on any atom is -0.493 e. The summed E-state index contributed by atoms with van der Waals surface area (Å²) in [4.78, 5) is 9.26. The van der Waals surface area contributed by atoms with E-state index in [-0.39, 0.29) is 11.4 Å². The molecule has 7 nitrogen and oxygen atoms in total. The monoisotopic (exact) mass is 468 g/mol. The van der Waals surface area contributed by atoms with Crippen LogP contribution in [-0.4, -0.2) is 37.1 Å². The minimum absolute atomic E-state index is 0.238. The number of benzene rings is 2. The van der Waals surface area contributed by atoms with Gasteiger partial charge in [-0.25, -0.2) is 14.4 Å². The quantitative estimate of drug-likeness (QED) is 0.317. The van der Waals surface area contributed by atoms with Crippen LogP contribution >= 0.6 is 11.8 Å². The molecular formula is C24H25FN4O3S. The van der Waals surface area contributed by atoms with Gasteiger partial charge < -0.3 is 19.5 Å². The van der Waals surface area contributed by atoms with E-state index in [1.807, 2.05) is 0 Å². The van der Waals surface area contributed by atoms with E-state index in [0.717, 1.165) is 5.75 Å². The molecule has 0 saturated carbocycles.